The van der Waals surface area contributed by atoms with Crippen LogP contribution in [-0.2, 0) is 16.4 Å². The maximum Gasteiger partial charge on any atom is 0.390 e. The van der Waals surface area contributed by atoms with E-state index >= 15 is 0 Å². The van der Waals surface area contributed by atoms with E-state index in [1.54, 1.807) is 25.1 Å². The number of hydrogen-bond acceptors (Lipinski definition) is 5. The van der Waals surface area contributed by atoms with Gasteiger partial charge < -0.3 is 4.57 Å². The van der Waals surface area contributed by atoms with E-state index in [9.17, 15) is 21.6 Å². The van der Waals surface area contributed by atoms with Crippen molar-refractivity contribution in [2.45, 2.75) is 37.1 Å². The maximum atomic E-state index is 13.0. The molecule has 12 heteroatoms. The van der Waals surface area contributed by atoms with Crippen LogP contribution in [0.15, 0.2) is 41.7 Å². The molecule has 0 aliphatic carbocycles. The summed E-state index contributed by atoms with van der Waals surface area (Å²) in [6.45, 7) is 1.34. The second-order valence-electron chi connectivity index (χ2n) is 7.21. The van der Waals surface area contributed by atoms with Crippen molar-refractivity contribution in [2.75, 3.05) is 6.26 Å². The summed E-state index contributed by atoms with van der Waals surface area (Å²) in [4.78, 5) is 8.55. The molecule has 0 amide bonds. The van der Waals surface area contributed by atoms with E-state index in [1.165, 1.54) is 27.7 Å². The Balaban J connectivity index is 1.91. The zero-order valence-corrected chi connectivity index (χ0v) is 18.0. The van der Waals surface area contributed by atoms with Crippen LogP contribution in [0, 0.1) is 0 Å². The molecule has 0 spiro atoms. The van der Waals surface area contributed by atoms with E-state index in [4.69, 9.17) is 11.6 Å². The molecule has 0 N–H and O–H groups in total. The van der Waals surface area contributed by atoms with Crippen LogP contribution >= 0.6 is 11.6 Å². The van der Waals surface area contributed by atoms with Crippen LogP contribution < -0.4 is 0 Å². The highest BCUT2D eigenvalue weighted by Gasteiger charge is 2.30. The van der Waals surface area contributed by atoms with Gasteiger partial charge in [-0.1, -0.05) is 11.6 Å². The first-order valence-corrected chi connectivity index (χ1v) is 11.5. The molecule has 4 aromatic rings. The molecular weight excluding hydrogens is 455 g/mol. The summed E-state index contributed by atoms with van der Waals surface area (Å²) in [7, 11) is -3.65. The van der Waals surface area contributed by atoms with Crippen LogP contribution in [0.3, 0.4) is 0 Å². The summed E-state index contributed by atoms with van der Waals surface area (Å²) < 4.78 is 66.2. The first-order valence-electron chi connectivity index (χ1n) is 9.20. The first-order chi connectivity index (χ1) is 14.5. The van der Waals surface area contributed by atoms with Gasteiger partial charge >= 0.3 is 6.18 Å². The average molecular weight is 472 g/mol. The Bertz CT molecular complexity index is 1400. The predicted octanol–water partition coefficient (Wildman–Crippen LogP) is 4.40. The van der Waals surface area contributed by atoms with E-state index in [1.807, 2.05) is 0 Å². The topological polar surface area (TPSA) is 82.7 Å². The summed E-state index contributed by atoms with van der Waals surface area (Å²) in [5.74, 6) is 0.301. The number of pyridine rings is 1. The van der Waals surface area contributed by atoms with E-state index in [-0.39, 0.29) is 11.6 Å². The number of imidazole rings is 1. The van der Waals surface area contributed by atoms with Gasteiger partial charge in [-0.3, -0.25) is 9.67 Å². The van der Waals surface area contributed by atoms with Gasteiger partial charge in [0.15, 0.2) is 14.9 Å². The number of fused-ring (bicyclic) bond motifs is 2. The fraction of sp³-hybridized carbons (Fsp3) is 0.316. The van der Waals surface area contributed by atoms with Crippen molar-refractivity contribution >= 4 is 43.4 Å². The zero-order chi connectivity index (χ0) is 22.6. The van der Waals surface area contributed by atoms with E-state index in [0.717, 1.165) is 6.26 Å². The number of benzene rings is 1. The Morgan fingerprint density at radius 2 is 1.94 bits per heavy atom. The third-order valence-electron chi connectivity index (χ3n) is 4.93. The molecular formula is C19H17ClF3N5O2S. The molecule has 0 bridgehead atoms. The molecule has 1 atom stereocenters. The minimum absolute atomic E-state index is 0.127. The molecule has 164 valence electrons. The van der Waals surface area contributed by atoms with Crippen LogP contribution in [-0.4, -0.2) is 45.2 Å². The summed E-state index contributed by atoms with van der Waals surface area (Å²) in [6, 6.07) is 5.62. The zero-order valence-electron chi connectivity index (χ0n) is 16.4. The number of hydrogen-bond donors (Lipinski definition) is 0. The van der Waals surface area contributed by atoms with Crippen LogP contribution in [0.4, 0.5) is 13.2 Å². The van der Waals surface area contributed by atoms with E-state index in [2.05, 4.69) is 15.1 Å². The third kappa shape index (κ3) is 4.11. The number of nitrogens with zero attached hydrogens (tertiary/aromatic N) is 5. The van der Waals surface area contributed by atoms with Gasteiger partial charge in [0.2, 0.25) is 0 Å². The Labute approximate surface area is 180 Å². The fourth-order valence-corrected chi connectivity index (χ4v) is 4.52. The molecule has 1 aromatic carbocycles. The van der Waals surface area contributed by atoms with Crippen molar-refractivity contribution in [1.82, 2.24) is 24.3 Å². The molecule has 0 saturated carbocycles. The minimum atomic E-state index is -4.35. The van der Waals surface area contributed by atoms with Gasteiger partial charge in [0.25, 0.3) is 0 Å². The number of alkyl halides is 3. The largest absolute Gasteiger partial charge is 0.390 e. The third-order valence-corrected chi connectivity index (χ3v) is 6.17. The van der Waals surface area contributed by atoms with E-state index in [0.29, 0.717) is 32.8 Å². The molecule has 4 rings (SSSR count). The van der Waals surface area contributed by atoms with Gasteiger partial charge in [-0.05, 0) is 31.2 Å². The smallest absolute Gasteiger partial charge is 0.326 e. The minimum Gasteiger partial charge on any atom is -0.326 e. The maximum absolute atomic E-state index is 13.0. The highest BCUT2D eigenvalue weighted by Crippen LogP contribution is 2.31. The van der Waals surface area contributed by atoms with Gasteiger partial charge in [-0.15, -0.1) is 0 Å². The molecule has 7 nitrogen and oxygen atoms in total. The number of aryl methyl sites for hydroxylation is 1. The van der Waals surface area contributed by atoms with Crippen LogP contribution in [0.25, 0.3) is 21.9 Å². The fourth-order valence-electron chi connectivity index (χ4n) is 3.55. The molecule has 0 unspecified atom stereocenters. The number of aromatic nitrogens is 5. The standard InChI is InChI=1S/C19H17ClF3N5O2S/c1-11(28-16-10-24-7-5-13(16)18(26-28)31(2,29)30)17-25-14-9-12(20)3-4-15(14)27(17)8-6-19(21,22)23/h3-5,7,9-11H,6,8H2,1-2H3/t11-/m0/s1. The van der Waals surface area contributed by atoms with Crippen molar-refractivity contribution in [3.8, 4) is 0 Å². The summed E-state index contributed by atoms with van der Waals surface area (Å²) in [5, 5.41) is 4.92. The highest BCUT2D eigenvalue weighted by molar-refractivity contribution is 7.90. The predicted molar refractivity (Wildman–Crippen MR) is 110 cm³/mol. The molecule has 3 aromatic heterocycles. The monoisotopic (exact) mass is 471 g/mol. The molecule has 0 saturated heterocycles. The van der Waals surface area contributed by atoms with Gasteiger partial charge in [-0.2, -0.15) is 18.3 Å². The summed E-state index contributed by atoms with van der Waals surface area (Å²) >= 11 is 6.04. The number of sulfone groups is 1. The molecule has 0 radical (unpaired) electrons. The second kappa shape index (κ2) is 7.49. The average Bonchev–Trinajstić information content (AvgIpc) is 3.23. The Hall–Kier alpha value is -2.66. The quantitative estimate of drug-likeness (QED) is 0.431. The Morgan fingerprint density at radius 3 is 2.61 bits per heavy atom. The van der Waals surface area contributed by atoms with E-state index < -0.39 is 28.5 Å². The summed E-state index contributed by atoms with van der Waals surface area (Å²) in [6.07, 6.45) is -1.43. The van der Waals surface area contributed by atoms with Gasteiger partial charge in [0, 0.05) is 29.4 Å². The van der Waals surface area contributed by atoms with Crippen LogP contribution in [0.1, 0.15) is 25.2 Å². The molecule has 0 fully saturated rings. The highest BCUT2D eigenvalue weighted by atomic mass is 35.5. The Kier molecular flexibility index (Phi) is 5.21. The van der Waals surface area contributed by atoms with Crippen LogP contribution in [0.5, 0.6) is 0 Å². The molecule has 0 aliphatic heterocycles. The van der Waals surface area contributed by atoms with Gasteiger partial charge in [0.05, 0.1) is 29.2 Å². The first kappa shape index (κ1) is 21.6. The van der Waals surface area contributed by atoms with Crippen molar-refractivity contribution in [2.24, 2.45) is 0 Å². The number of halogens is 4. The molecule has 3 heterocycles. The normalized spacial score (nSPS) is 13.9. The number of rotatable bonds is 5. The SMILES string of the molecule is C[C@@H](c1nc2cc(Cl)ccc2n1CCC(F)(F)F)n1nc(S(C)(=O)=O)c2ccncc21. The Morgan fingerprint density at radius 1 is 1.19 bits per heavy atom. The molecule has 31 heavy (non-hydrogen) atoms. The lowest BCUT2D eigenvalue weighted by atomic mass is 10.2. The van der Waals surface area contributed by atoms with Crippen molar-refractivity contribution in [3.05, 3.63) is 47.5 Å². The lowest BCUT2D eigenvalue weighted by Gasteiger charge is -2.17. The second-order valence-corrected chi connectivity index (χ2v) is 9.58. The van der Waals surface area contributed by atoms with Crippen LogP contribution in [0.2, 0.25) is 5.02 Å². The van der Waals surface area contributed by atoms with Gasteiger partial charge in [0.1, 0.15) is 11.9 Å². The summed E-state index contributed by atoms with van der Waals surface area (Å²) in [5.41, 5.74) is 1.37. The van der Waals surface area contributed by atoms with Gasteiger partial charge in [-0.25, -0.2) is 13.4 Å². The van der Waals surface area contributed by atoms with Crippen molar-refractivity contribution < 1.29 is 21.6 Å². The van der Waals surface area contributed by atoms with Crippen molar-refractivity contribution in [1.29, 1.82) is 0 Å². The molecule has 0 aliphatic rings. The lowest BCUT2D eigenvalue weighted by molar-refractivity contribution is -0.136. The van der Waals surface area contributed by atoms with Crippen molar-refractivity contribution in [3.63, 3.8) is 0 Å². The lowest BCUT2D eigenvalue weighted by Crippen LogP contribution is -2.18.